The van der Waals surface area contributed by atoms with Gasteiger partial charge < -0.3 is 4.74 Å². The molecule has 0 aliphatic heterocycles. The number of methoxy groups -OCH3 is 1. The molecular formula is C28H18N6O5S. The average molecular weight is 551 g/mol. The second kappa shape index (κ2) is 10.0. The predicted molar refractivity (Wildman–Crippen MR) is 150 cm³/mol. The van der Waals surface area contributed by atoms with Crippen molar-refractivity contribution in [2.75, 3.05) is 7.11 Å². The third-order valence-electron chi connectivity index (χ3n) is 6.13. The van der Waals surface area contributed by atoms with Crippen LogP contribution in [-0.4, -0.2) is 36.4 Å². The number of nitro benzene ring substituents is 1. The summed E-state index contributed by atoms with van der Waals surface area (Å²) in [6.45, 7) is 0. The first-order valence-electron chi connectivity index (χ1n) is 11.9. The van der Waals surface area contributed by atoms with Crippen LogP contribution in [0.15, 0.2) is 94.6 Å². The highest BCUT2D eigenvalue weighted by Crippen LogP contribution is 2.33. The summed E-state index contributed by atoms with van der Waals surface area (Å²) >= 11 is 1.02. The fourth-order valence-corrected chi connectivity index (χ4v) is 5.13. The molecular weight excluding hydrogens is 532 g/mol. The SMILES string of the molecule is COc1ccc(-c2nn(-c3ccccc3)cc2C=c2sc3nc(=O)c(-c4ccccc4)nn3c2=O)cc1[N+](=O)[O-]. The monoisotopic (exact) mass is 550 g/mol. The molecule has 0 atom stereocenters. The number of rotatable bonds is 6. The van der Waals surface area contributed by atoms with Gasteiger partial charge in [0.15, 0.2) is 11.4 Å². The van der Waals surface area contributed by atoms with Crippen LogP contribution < -0.4 is 20.4 Å². The average Bonchev–Trinajstić information content (AvgIpc) is 3.53. The summed E-state index contributed by atoms with van der Waals surface area (Å²) in [5, 5.41) is 20.7. The highest BCUT2D eigenvalue weighted by atomic mass is 32.1. The summed E-state index contributed by atoms with van der Waals surface area (Å²) in [5.41, 5.74) is 1.56. The molecule has 0 fully saturated rings. The minimum atomic E-state index is -0.540. The lowest BCUT2D eigenvalue weighted by Gasteiger charge is -2.04. The van der Waals surface area contributed by atoms with E-state index in [-0.39, 0.29) is 26.6 Å². The molecule has 196 valence electrons. The van der Waals surface area contributed by atoms with Crippen LogP contribution in [0.1, 0.15) is 5.56 Å². The third-order valence-corrected chi connectivity index (χ3v) is 7.09. The number of fused-ring (bicyclic) bond motifs is 1. The summed E-state index contributed by atoms with van der Waals surface area (Å²) in [4.78, 5) is 41.5. The number of thiazole rings is 1. The summed E-state index contributed by atoms with van der Waals surface area (Å²) in [5.74, 6) is 0.115. The molecule has 0 aliphatic carbocycles. The van der Waals surface area contributed by atoms with Gasteiger partial charge in [-0.3, -0.25) is 19.7 Å². The van der Waals surface area contributed by atoms with E-state index in [1.54, 1.807) is 47.3 Å². The van der Waals surface area contributed by atoms with Gasteiger partial charge in [0.05, 0.1) is 22.3 Å². The molecule has 40 heavy (non-hydrogen) atoms. The smallest absolute Gasteiger partial charge is 0.311 e. The Labute approximate surface area is 229 Å². The Kier molecular flexibility index (Phi) is 6.21. The molecule has 6 aromatic rings. The van der Waals surface area contributed by atoms with Gasteiger partial charge in [-0.05, 0) is 30.3 Å². The minimum Gasteiger partial charge on any atom is -0.490 e. The Morgan fingerprint density at radius 1 is 0.925 bits per heavy atom. The Bertz CT molecular complexity index is 2070. The van der Waals surface area contributed by atoms with E-state index in [0.29, 0.717) is 22.4 Å². The summed E-state index contributed by atoms with van der Waals surface area (Å²) in [6, 6.07) is 22.7. The van der Waals surface area contributed by atoms with Crippen LogP contribution in [0.3, 0.4) is 0 Å². The molecule has 3 aromatic heterocycles. The molecule has 0 unspecified atom stereocenters. The molecule has 0 bridgehead atoms. The fourth-order valence-electron chi connectivity index (χ4n) is 4.24. The molecule has 12 heteroatoms. The third kappa shape index (κ3) is 4.41. The van der Waals surface area contributed by atoms with Gasteiger partial charge in [-0.1, -0.05) is 59.9 Å². The van der Waals surface area contributed by atoms with Gasteiger partial charge in [-0.2, -0.15) is 19.7 Å². The van der Waals surface area contributed by atoms with E-state index in [9.17, 15) is 19.7 Å². The van der Waals surface area contributed by atoms with Crippen molar-refractivity contribution in [2.45, 2.75) is 0 Å². The lowest BCUT2D eigenvalue weighted by Crippen LogP contribution is -2.26. The first-order valence-corrected chi connectivity index (χ1v) is 12.7. The first-order chi connectivity index (χ1) is 19.4. The zero-order chi connectivity index (χ0) is 27.8. The van der Waals surface area contributed by atoms with Crippen molar-refractivity contribution in [3.63, 3.8) is 0 Å². The molecule has 11 nitrogen and oxygen atoms in total. The number of para-hydroxylation sites is 1. The molecule has 0 amide bonds. The number of ether oxygens (including phenoxy) is 1. The maximum atomic E-state index is 13.4. The van der Waals surface area contributed by atoms with Crippen LogP contribution >= 0.6 is 11.3 Å². The van der Waals surface area contributed by atoms with Crippen molar-refractivity contribution in [3.8, 4) is 34.0 Å². The molecule has 3 aromatic carbocycles. The molecule has 0 aliphatic rings. The van der Waals surface area contributed by atoms with Crippen LogP contribution in [-0.2, 0) is 0 Å². The van der Waals surface area contributed by atoms with Crippen molar-refractivity contribution in [2.24, 2.45) is 0 Å². The van der Waals surface area contributed by atoms with Gasteiger partial charge >= 0.3 is 11.2 Å². The Morgan fingerprint density at radius 2 is 1.65 bits per heavy atom. The van der Waals surface area contributed by atoms with E-state index in [1.165, 1.54) is 19.2 Å². The second-order valence-corrected chi connectivity index (χ2v) is 9.61. The Hall–Kier alpha value is -5.49. The maximum absolute atomic E-state index is 13.4. The van der Waals surface area contributed by atoms with Crippen molar-refractivity contribution in [1.82, 2.24) is 24.4 Å². The van der Waals surface area contributed by atoms with Crippen LogP contribution in [0.5, 0.6) is 5.75 Å². The molecule has 0 saturated heterocycles. The second-order valence-electron chi connectivity index (χ2n) is 8.60. The van der Waals surface area contributed by atoms with Crippen LogP contribution in [0.25, 0.3) is 39.2 Å². The van der Waals surface area contributed by atoms with E-state index >= 15 is 0 Å². The van der Waals surface area contributed by atoms with Gasteiger partial charge in [0.2, 0.25) is 4.96 Å². The summed E-state index contributed by atoms with van der Waals surface area (Å²) in [7, 11) is 1.36. The molecule has 0 saturated carbocycles. The number of aromatic nitrogens is 5. The van der Waals surface area contributed by atoms with Crippen LogP contribution in [0.2, 0.25) is 0 Å². The number of benzene rings is 3. The number of hydrogen-bond acceptors (Lipinski definition) is 9. The quantitative estimate of drug-likeness (QED) is 0.227. The molecule has 6 rings (SSSR count). The minimum absolute atomic E-state index is 0.0719. The first kappa shape index (κ1) is 24.8. The Balaban J connectivity index is 1.56. The summed E-state index contributed by atoms with van der Waals surface area (Å²) in [6.07, 6.45) is 3.35. The fraction of sp³-hybridized carbons (Fsp3) is 0.0357. The normalized spacial score (nSPS) is 11.7. The lowest BCUT2D eigenvalue weighted by atomic mass is 10.1. The predicted octanol–water partition coefficient (Wildman–Crippen LogP) is 3.50. The largest absolute Gasteiger partial charge is 0.490 e. The molecule has 3 heterocycles. The van der Waals surface area contributed by atoms with E-state index < -0.39 is 16.0 Å². The summed E-state index contributed by atoms with van der Waals surface area (Å²) < 4.78 is 8.14. The number of nitro groups is 1. The maximum Gasteiger partial charge on any atom is 0.311 e. The zero-order valence-corrected chi connectivity index (χ0v) is 21.6. The van der Waals surface area contributed by atoms with Gasteiger partial charge in [0, 0.05) is 29.0 Å². The highest BCUT2D eigenvalue weighted by Gasteiger charge is 2.20. The standard InChI is InChI=1S/C28H18N6O5S/c1-39-22-13-12-18(14-21(22)34(37)38)24-19(16-32(30-24)20-10-6-3-7-11-20)15-23-27(36)33-28(40-23)29-26(35)25(31-33)17-8-4-2-5-9-17/h2-16H,1H3. The zero-order valence-electron chi connectivity index (χ0n) is 20.8. The van der Waals surface area contributed by atoms with Gasteiger partial charge in [0.25, 0.3) is 5.56 Å². The van der Waals surface area contributed by atoms with Crippen molar-refractivity contribution < 1.29 is 9.66 Å². The van der Waals surface area contributed by atoms with Crippen molar-refractivity contribution in [1.29, 1.82) is 0 Å². The van der Waals surface area contributed by atoms with E-state index in [1.807, 2.05) is 36.4 Å². The number of nitrogens with zero attached hydrogens (tertiary/aromatic N) is 6. The van der Waals surface area contributed by atoms with Crippen LogP contribution in [0.4, 0.5) is 5.69 Å². The number of hydrogen-bond donors (Lipinski definition) is 0. The van der Waals surface area contributed by atoms with Gasteiger partial charge in [0.1, 0.15) is 5.69 Å². The molecule has 0 N–H and O–H groups in total. The van der Waals surface area contributed by atoms with Gasteiger partial charge in [-0.15, -0.1) is 0 Å². The van der Waals surface area contributed by atoms with E-state index in [0.717, 1.165) is 21.5 Å². The van der Waals surface area contributed by atoms with Crippen molar-refractivity contribution in [3.05, 3.63) is 126 Å². The molecule has 0 spiro atoms. The van der Waals surface area contributed by atoms with E-state index in [2.05, 4.69) is 10.1 Å². The van der Waals surface area contributed by atoms with Crippen molar-refractivity contribution >= 4 is 28.1 Å². The lowest BCUT2D eigenvalue weighted by molar-refractivity contribution is -0.385. The highest BCUT2D eigenvalue weighted by molar-refractivity contribution is 7.15. The van der Waals surface area contributed by atoms with E-state index in [4.69, 9.17) is 9.84 Å². The Morgan fingerprint density at radius 3 is 2.35 bits per heavy atom. The topological polar surface area (TPSA) is 135 Å². The van der Waals surface area contributed by atoms with Crippen LogP contribution in [0, 0.1) is 10.1 Å². The van der Waals surface area contributed by atoms with Gasteiger partial charge in [-0.25, -0.2) is 4.68 Å². The molecule has 0 radical (unpaired) electrons.